The monoisotopic (exact) mass is 294 g/mol. The number of carbonyl (C=O) groups is 1. The van der Waals surface area contributed by atoms with Crippen molar-refractivity contribution in [2.24, 2.45) is 0 Å². The van der Waals surface area contributed by atoms with Crippen LogP contribution in [0.3, 0.4) is 0 Å². The number of amides is 1. The highest BCUT2D eigenvalue weighted by Crippen LogP contribution is 2.38. The lowest BCUT2D eigenvalue weighted by Gasteiger charge is -2.35. The van der Waals surface area contributed by atoms with Gasteiger partial charge in [0, 0.05) is 12.5 Å². The molecule has 2 aliphatic rings. The Bertz CT molecular complexity index is 512. The van der Waals surface area contributed by atoms with Crippen LogP contribution in [-0.4, -0.2) is 65.7 Å². The first-order chi connectivity index (χ1) is 10.0. The molecule has 0 bridgehead atoms. The summed E-state index contributed by atoms with van der Waals surface area (Å²) in [6.45, 7) is 3.44. The van der Waals surface area contributed by atoms with E-state index in [-0.39, 0.29) is 18.1 Å². The number of ether oxygens (including phenoxy) is 1. The van der Waals surface area contributed by atoms with Crippen LogP contribution in [0.15, 0.2) is 4.52 Å². The standard InChI is InChI=1S/C14H22N4O3/c1-9-6-18(12(19)8-17(2)3)7-11(20-9)14-15-13(16-21-14)10-4-5-10/h9-11H,4-8H2,1-3H3/t9-,11-/m1/s1. The maximum atomic E-state index is 12.2. The first kappa shape index (κ1) is 14.5. The Kier molecular flexibility index (Phi) is 3.95. The largest absolute Gasteiger partial charge is 0.362 e. The molecule has 2 heterocycles. The summed E-state index contributed by atoms with van der Waals surface area (Å²) in [4.78, 5) is 20.3. The highest BCUT2D eigenvalue weighted by Gasteiger charge is 2.35. The van der Waals surface area contributed by atoms with Crippen molar-refractivity contribution in [2.45, 2.75) is 37.9 Å². The van der Waals surface area contributed by atoms with Gasteiger partial charge in [-0.2, -0.15) is 4.98 Å². The number of aromatic nitrogens is 2. The topological polar surface area (TPSA) is 71.7 Å². The molecular formula is C14H22N4O3. The second kappa shape index (κ2) is 5.73. The van der Waals surface area contributed by atoms with Crippen LogP contribution in [0.5, 0.6) is 0 Å². The molecule has 116 valence electrons. The first-order valence-electron chi connectivity index (χ1n) is 7.44. The van der Waals surface area contributed by atoms with Crippen molar-refractivity contribution in [1.29, 1.82) is 0 Å². The van der Waals surface area contributed by atoms with E-state index in [1.54, 1.807) is 0 Å². The molecule has 21 heavy (non-hydrogen) atoms. The zero-order valence-corrected chi connectivity index (χ0v) is 12.8. The molecule has 0 aromatic carbocycles. The average molecular weight is 294 g/mol. The summed E-state index contributed by atoms with van der Waals surface area (Å²) >= 11 is 0. The smallest absolute Gasteiger partial charge is 0.257 e. The Balaban J connectivity index is 1.68. The second-order valence-electron chi connectivity index (χ2n) is 6.24. The van der Waals surface area contributed by atoms with Crippen molar-refractivity contribution in [3.63, 3.8) is 0 Å². The summed E-state index contributed by atoms with van der Waals surface area (Å²) in [5, 5.41) is 4.02. The predicted octanol–water partition coefficient (Wildman–Crippen LogP) is 0.797. The Hall–Kier alpha value is -1.47. The van der Waals surface area contributed by atoms with Crippen molar-refractivity contribution < 1.29 is 14.1 Å². The minimum atomic E-state index is -0.320. The number of rotatable bonds is 4. The molecule has 1 saturated heterocycles. The van der Waals surface area contributed by atoms with Gasteiger partial charge < -0.3 is 19.1 Å². The van der Waals surface area contributed by atoms with Crippen LogP contribution in [0, 0.1) is 0 Å². The van der Waals surface area contributed by atoms with E-state index in [9.17, 15) is 4.79 Å². The van der Waals surface area contributed by atoms with Gasteiger partial charge in [0.05, 0.1) is 19.2 Å². The summed E-state index contributed by atoms with van der Waals surface area (Å²) < 4.78 is 11.2. The van der Waals surface area contributed by atoms with Crippen LogP contribution < -0.4 is 0 Å². The lowest BCUT2D eigenvalue weighted by Crippen LogP contribution is -2.48. The van der Waals surface area contributed by atoms with Crippen molar-refractivity contribution in [2.75, 3.05) is 33.7 Å². The Morgan fingerprint density at radius 3 is 2.81 bits per heavy atom. The molecule has 1 aromatic rings. The van der Waals surface area contributed by atoms with Crippen LogP contribution in [0.4, 0.5) is 0 Å². The SMILES string of the molecule is C[C@@H]1CN(C(=O)CN(C)C)C[C@H](c2nc(C3CC3)no2)O1. The fourth-order valence-electron chi connectivity index (χ4n) is 2.55. The fraction of sp³-hybridized carbons (Fsp3) is 0.786. The number of hydrogen-bond acceptors (Lipinski definition) is 6. The molecule has 1 aliphatic heterocycles. The summed E-state index contributed by atoms with van der Waals surface area (Å²) in [7, 11) is 3.78. The van der Waals surface area contributed by atoms with E-state index in [4.69, 9.17) is 9.26 Å². The highest BCUT2D eigenvalue weighted by atomic mass is 16.5. The minimum Gasteiger partial charge on any atom is -0.362 e. The third kappa shape index (κ3) is 3.41. The number of nitrogens with zero attached hydrogens (tertiary/aromatic N) is 4. The average Bonchev–Trinajstić information content (AvgIpc) is 3.15. The molecule has 1 saturated carbocycles. The summed E-state index contributed by atoms with van der Waals surface area (Å²) in [6.07, 6.45) is 1.91. The summed E-state index contributed by atoms with van der Waals surface area (Å²) in [6, 6.07) is 0. The second-order valence-corrected chi connectivity index (χ2v) is 6.24. The van der Waals surface area contributed by atoms with Gasteiger partial charge in [-0.25, -0.2) is 0 Å². The van der Waals surface area contributed by atoms with Crippen LogP contribution >= 0.6 is 0 Å². The van der Waals surface area contributed by atoms with Crippen molar-refractivity contribution >= 4 is 5.91 Å². The van der Waals surface area contributed by atoms with E-state index in [1.807, 2.05) is 30.8 Å². The van der Waals surface area contributed by atoms with E-state index in [0.717, 1.165) is 18.7 Å². The molecule has 1 aromatic heterocycles. The third-order valence-electron chi connectivity index (χ3n) is 3.74. The maximum absolute atomic E-state index is 12.2. The van der Waals surface area contributed by atoms with Gasteiger partial charge in [-0.3, -0.25) is 4.79 Å². The van der Waals surface area contributed by atoms with Crippen molar-refractivity contribution in [3.8, 4) is 0 Å². The van der Waals surface area contributed by atoms with Gasteiger partial charge in [0.25, 0.3) is 5.89 Å². The van der Waals surface area contributed by atoms with Crippen molar-refractivity contribution in [3.05, 3.63) is 11.7 Å². The fourth-order valence-corrected chi connectivity index (χ4v) is 2.55. The lowest BCUT2D eigenvalue weighted by atomic mass is 10.2. The molecule has 0 radical (unpaired) electrons. The molecule has 1 aliphatic carbocycles. The van der Waals surface area contributed by atoms with Gasteiger partial charge in [-0.05, 0) is 33.9 Å². The molecule has 2 fully saturated rings. The zero-order valence-electron chi connectivity index (χ0n) is 12.8. The Labute approximate surface area is 124 Å². The highest BCUT2D eigenvalue weighted by molar-refractivity contribution is 5.78. The van der Waals surface area contributed by atoms with Crippen molar-refractivity contribution in [1.82, 2.24) is 19.9 Å². The maximum Gasteiger partial charge on any atom is 0.257 e. The molecule has 2 atom stereocenters. The van der Waals surface area contributed by atoms with Gasteiger partial charge >= 0.3 is 0 Å². The quantitative estimate of drug-likeness (QED) is 0.818. The molecule has 0 unspecified atom stereocenters. The van der Waals surface area contributed by atoms with Gasteiger partial charge in [0.2, 0.25) is 5.91 Å². The number of morpholine rings is 1. The molecule has 1 amide bonds. The van der Waals surface area contributed by atoms with E-state index in [1.165, 1.54) is 0 Å². The van der Waals surface area contributed by atoms with Gasteiger partial charge in [-0.1, -0.05) is 5.16 Å². The van der Waals surface area contributed by atoms with Crippen LogP contribution in [0.2, 0.25) is 0 Å². The molecule has 0 N–H and O–H groups in total. The molecule has 7 nitrogen and oxygen atoms in total. The molecule has 0 spiro atoms. The normalized spacial score (nSPS) is 26.4. The summed E-state index contributed by atoms with van der Waals surface area (Å²) in [5.41, 5.74) is 0. The van der Waals surface area contributed by atoms with Gasteiger partial charge in [0.15, 0.2) is 11.9 Å². The number of hydrogen-bond donors (Lipinski definition) is 0. The van der Waals surface area contributed by atoms with E-state index < -0.39 is 0 Å². The number of carbonyl (C=O) groups excluding carboxylic acids is 1. The van der Waals surface area contributed by atoms with Crippen LogP contribution in [0.1, 0.15) is 43.5 Å². The van der Waals surface area contributed by atoms with Crippen LogP contribution in [-0.2, 0) is 9.53 Å². The van der Waals surface area contributed by atoms with Gasteiger partial charge in [-0.15, -0.1) is 0 Å². The minimum absolute atomic E-state index is 0.0360. The van der Waals surface area contributed by atoms with E-state index in [2.05, 4.69) is 10.1 Å². The lowest BCUT2D eigenvalue weighted by molar-refractivity contribution is -0.147. The van der Waals surface area contributed by atoms with Crippen LogP contribution in [0.25, 0.3) is 0 Å². The van der Waals surface area contributed by atoms with Gasteiger partial charge in [0.1, 0.15) is 0 Å². The third-order valence-corrected chi connectivity index (χ3v) is 3.74. The predicted molar refractivity (Wildman–Crippen MR) is 74.7 cm³/mol. The summed E-state index contributed by atoms with van der Waals surface area (Å²) in [5.74, 6) is 1.82. The van der Waals surface area contributed by atoms with E-state index in [0.29, 0.717) is 31.4 Å². The van der Waals surface area contributed by atoms with E-state index >= 15 is 0 Å². The Morgan fingerprint density at radius 1 is 1.38 bits per heavy atom. The molecule has 3 rings (SSSR count). The number of likely N-dealkylation sites (N-methyl/N-ethyl adjacent to an activating group) is 1. The Morgan fingerprint density at radius 2 is 2.14 bits per heavy atom. The molecule has 7 heteroatoms. The molecular weight excluding hydrogens is 272 g/mol. The zero-order chi connectivity index (χ0) is 15.0. The first-order valence-corrected chi connectivity index (χ1v) is 7.44.